The number of benzene rings is 4. The van der Waals surface area contributed by atoms with Crippen molar-refractivity contribution in [2.45, 2.75) is 44.4 Å². The SMILES string of the molecule is C=C(C)/C(=C\C=C(C)C)Nc1ccc2c(-c3ccc(S(=O)(=O)O)cc3S(=O)(=O)O)c3ccc(=Nc4ccc(C)cc4C)cc-3oc2c1. The summed E-state index contributed by atoms with van der Waals surface area (Å²) in [6.07, 6.45) is 3.88. The van der Waals surface area contributed by atoms with Crippen molar-refractivity contribution >= 4 is 42.6 Å². The van der Waals surface area contributed by atoms with Crippen LogP contribution in [0, 0.1) is 13.8 Å². The van der Waals surface area contributed by atoms with Crippen molar-refractivity contribution in [3.05, 3.63) is 125 Å². The van der Waals surface area contributed by atoms with Gasteiger partial charge in [-0.1, -0.05) is 42.0 Å². The third-order valence-electron chi connectivity index (χ3n) is 7.43. The molecule has 0 fully saturated rings. The van der Waals surface area contributed by atoms with Crippen molar-refractivity contribution in [1.82, 2.24) is 0 Å². The number of rotatable bonds is 8. The van der Waals surface area contributed by atoms with Crippen molar-refractivity contribution in [3.8, 4) is 22.5 Å². The first-order chi connectivity index (χ1) is 22.0. The van der Waals surface area contributed by atoms with Crippen LogP contribution in [0.1, 0.15) is 31.9 Å². The molecule has 3 aromatic rings. The fourth-order valence-corrected chi connectivity index (χ4v) is 6.47. The molecule has 3 aromatic carbocycles. The van der Waals surface area contributed by atoms with Crippen LogP contribution in [0.5, 0.6) is 0 Å². The van der Waals surface area contributed by atoms with Gasteiger partial charge >= 0.3 is 0 Å². The molecule has 1 heterocycles. The smallest absolute Gasteiger partial charge is 0.295 e. The zero-order valence-electron chi connectivity index (χ0n) is 26.5. The number of hydrogen-bond acceptors (Lipinski definition) is 7. The highest BCUT2D eigenvalue weighted by Crippen LogP contribution is 2.43. The van der Waals surface area contributed by atoms with E-state index in [0.29, 0.717) is 38.9 Å². The molecule has 0 radical (unpaired) electrons. The zero-order valence-corrected chi connectivity index (χ0v) is 28.1. The lowest BCUT2D eigenvalue weighted by Gasteiger charge is -2.18. The first-order valence-corrected chi connectivity index (χ1v) is 17.4. The van der Waals surface area contributed by atoms with Gasteiger partial charge in [-0.15, -0.1) is 0 Å². The van der Waals surface area contributed by atoms with Gasteiger partial charge in [0.1, 0.15) is 16.2 Å². The van der Waals surface area contributed by atoms with E-state index in [1.54, 1.807) is 36.4 Å². The summed E-state index contributed by atoms with van der Waals surface area (Å²) >= 11 is 0. The number of aryl methyl sites for hydroxylation is 2. The Kier molecular flexibility index (Phi) is 9.11. The Morgan fingerprint density at radius 3 is 2.19 bits per heavy atom. The second-order valence-electron chi connectivity index (χ2n) is 11.6. The Morgan fingerprint density at radius 2 is 1.55 bits per heavy atom. The van der Waals surface area contributed by atoms with E-state index in [0.717, 1.165) is 45.8 Å². The minimum atomic E-state index is -4.97. The Bertz CT molecular complexity index is 2400. The molecule has 9 nitrogen and oxygen atoms in total. The summed E-state index contributed by atoms with van der Waals surface area (Å²) in [5, 5.41) is 4.42. The topological polar surface area (TPSA) is 146 Å². The van der Waals surface area contributed by atoms with Gasteiger partial charge in [0.25, 0.3) is 20.2 Å². The summed E-state index contributed by atoms with van der Waals surface area (Å²) in [6, 6.07) is 19.5. The van der Waals surface area contributed by atoms with Crippen LogP contribution >= 0.6 is 0 Å². The Labute approximate surface area is 274 Å². The van der Waals surface area contributed by atoms with E-state index in [1.165, 1.54) is 6.07 Å². The van der Waals surface area contributed by atoms with Crippen LogP contribution in [0.25, 0.3) is 33.4 Å². The highest BCUT2D eigenvalue weighted by Gasteiger charge is 2.26. The second kappa shape index (κ2) is 12.8. The van der Waals surface area contributed by atoms with E-state index in [1.807, 2.05) is 65.0 Å². The molecule has 0 atom stereocenters. The number of nitrogens with zero attached hydrogens (tertiary/aromatic N) is 1. The highest BCUT2D eigenvalue weighted by atomic mass is 32.2. The van der Waals surface area contributed by atoms with Gasteiger partial charge in [-0.25, -0.2) is 4.99 Å². The molecule has 242 valence electrons. The maximum absolute atomic E-state index is 12.7. The second-order valence-corrected chi connectivity index (χ2v) is 14.4. The van der Waals surface area contributed by atoms with E-state index in [2.05, 4.69) is 11.9 Å². The molecular formula is C36H34N2O7S2. The summed E-state index contributed by atoms with van der Waals surface area (Å²) in [4.78, 5) is 3.42. The maximum Gasteiger partial charge on any atom is 0.295 e. The molecule has 0 amide bonds. The summed E-state index contributed by atoms with van der Waals surface area (Å²) in [5.41, 5.74) is 7.42. The normalized spacial score (nSPS) is 12.8. The summed E-state index contributed by atoms with van der Waals surface area (Å²) in [6.45, 7) is 13.9. The minimum absolute atomic E-state index is 0.0107. The maximum atomic E-state index is 12.7. The lowest BCUT2D eigenvalue weighted by atomic mass is 9.93. The highest BCUT2D eigenvalue weighted by molar-refractivity contribution is 7.86. The third kappa shape index (κ3) is 7.44. The first-order valence-electron chi connectivity index (χ1n) is 14.5. The fourth-order valence-electron chi connectivity index (χ4n) is 5.17. The van der Waals surface area contributed by atoms with Crippen molar-refractivity contribution in [2.24, 2.45) is 4.99 Å². The quantitative estimate of drug-likeness (QED) is 0.0848. The van der Waals surface area contributed by atoms with Gasteiger partial charge in [-0.2, -0.15) is 16.8 Å². The van der Waals surface area contributed by atoms with Crippen LogP contribution in [-0.4, -0.2) is 25.9 Å². The summed E-state index contributed by atoms with van der Waals surface area (Å²) in [5.74, 6) is 0.357. The standard InChI is InChI=1S/C36H34N2O7S2/c1-21(2)7-15-31(22(3)4)37-25-9-12-28-33(18-25)45-34-19-26(38-32-16-8-23(5)17-24(32)6)10-13-29(34)36(28)30-14-11-27(46(39,40)41)20-35(30)47(42,43)44/h7-20,37H,3H2,1-2,4-6H3,(H,39,40,41)(H,42,43,44)/b31-15+,38-26?. The van der Waals surface area contributed by atoms with E-state index in [-0.39, 0.29) is 5.56 Å². The number of fused-ring (bicyclic) bond motifs is 2. The molecule has 1 aliphatic carbocycles. The van der Waals surface area contributed by atoms with Crippen molar-refractivity contribution < 1.29 is 30.4 Å². The largest absolute Gasteiger partial charge is 0.456 e. The van der Waals surface area contributed by atoms with Gasteiger partial charge in [-0.3, -0.25) is 9.11 Å². The van der Waals surface area contributed by atoms with E-state index in [9.17, 15) is 25.9 Å². The summed E-state index contributed by atoms with van der Waals surface area (Å²) < 4.78 is 75.4. The van der Waals surface area contributed by atoms with Crippen molar-refractivity contribution in [1.29, 1.82) is 0 Å². The third-order valence-corrected chi connectivity index (χ3v) is 9.17. The zero-order chi connectivity index (χ0) is 34.3. The molecule has 47 heavy (non-hydrogen) atoms. The Hall–Kier alpha value is -4.81. The van der Waals surface area contributed by atoms with Crippen LogP contribution in [0.15, 0.2) is 128 Å². The molecule has 0 saturated carbocycles. The predicted octanol–water partition coefficient (Wildman–Crippen LogP) is 8.39. The van der Waals surface area contributed by atoms with Crippen molar-refractivity contribution in [2.75, 3.05) is 5.32 Å². The number of anilines is 1. The Balaban J connectivity index is 1.83. The molecule has 1 aliphatic heterocycles. The first kappa shape index (κ1) is 33.6. The van der Waals surface area contributed by atoms with Crippen LogP contribution in [-0.2, 0) is 20.2 Å². The van der Waals surface area contributed by atoms with Crippen LogP contribution in [0.3, 0.4) is 0 Å². The predicted molar refractivity (Wildman–Crippen MR) is 185 cm³/mol. The molecule has 11 heteroatoms. The van der Waals surface area contributed by atoms with E-state index >= 15 is 0 Å². The van der Waals surface area contributed by atoms with Gasteiger partial charge in [-0.05, 0) is 94.3 Å². The van der Waals surface area contributed by atoms with Crippen LogP contribution in [0.2, 0.25) is 0 Å². The number of allylic oxidation sites excluding steroid dienone is 4. The molecule has 3 N–H and O–H groups in total. The summed E-state index contributed by atoms with van der Waals surface area (Å²) in [7, 11) is -9.74. The lowest BCUT2D eigenvalue weighted by Crippen LogP contribution is -2.07. The van der Waals surface area contributed by atoms with Gasteiger partial charge in [0, 0.05) is 45.6 Å². The van der Waals surface area contributed by atoms with Gasteiger partial charge in [0.15, 0.2) is 0 Å². The molecule has 0 bridgehead atoms. The van der Waals surface area contributed by atoms with Gasteiger partial charge in [0.2, 0.25) is 0 Å². The van der Waals surface area contributed by atoms with Gasteiger partial charge in [0.05, 0.1) is 15.9 Å². The lowest BCUT2D eigenvalue weighted by molar-refractivity contribution is 0.481. The monoisotopic (exact) mass is 670 g/mol. The number of hydrogen-bond donors (Lipinski definition) is 3. The van der Waals surface area contributed by atoms with Crippen LogP contribution in [0.4, 0.5) is 11.4 Å². The van der Waals surface area contributed by atoms with E-state index in [4.69, 9.17) is 9.41 Å². The van der Waals surface area contributed by atoms with E-state index < -0.39 is 30.0 Å². The number of nitrogens with one attached hydrogen (secondary N) is 1. The average Bonchev–Trinajstić information content (AvgIpc) is 2.98. The molecule has 0 saturated heterocycles. The molecule has 2 aliphatic rings. The molecule has 0 spiro atoms. The average molecular weight is 671 g/mol. The molecular weight excluding hydrogens is 637 g/mol. The fraction of sp³-hybridized carbons (Fsp3) is 0.139. The molecule has 0 aromatic heterocycles. The molecule has 5 rings (SSSR count). The van der Waals surface area contributed by atoms with Crippen LogP contribution < -0.4 is 10.7 Å². The van der Waals surface area contributed by atoms with Crippen molar-refractivity contribution in [3.63, 3.8) is 0 Å². The van der Waals surface area contributed by atoms with Gasteiger partial charge < -0.3 is 9.73 Å². The Morgan fingerprint density at radius 1 is 0.830 bits per heavy atom. The molecule has 0 unspecified atom stereocenters. The minimum Gasteiger partial charge on any atom is -0.456 e.